The number of carbonyl (C=O) groups excluding carboxylic acids is 2. The molecule has 0 bridgehead atoms. The van der Waals surface area contributed by atoms with Crippen molar-refractivity contribution in [2.45, 2.75) is 45.1 Å². The number of amides is 2. The molecule has 3 aromatic heterocycles. The van der Waals surface area contributed by atoms with Gasteiger partial charge in [-0.1, -0.05) is 19.1 Å². The van der Waals surface area contributed by atoms with E-state index >= 15 is 0 Å². The quantitative estimate of drug-likeness (QED) is 0.372. The molecule has 2 N–H and O–H groups in total. The number of piperidine rings is 1. The van der Waals surface area contributed by atoms with E-state index in [0.717, 1.165) is 62.4 Å². The van der Waals surface area contributed by atoms with Crippen molar-refractivity contribution in [3.8, 4) is 0 Å². The van der Waals surface area contributed by atoms with Gasteiger partial charge in [-0.3, -0.25) is 18.8 Å². The van der Waals surface area contributed by atoms with E-state index in [4.69, 9.17) is 4.98 Å². The third kappa shape index (κ3) is 4.70. The van der Waals surface area contributed by atoms with Gasteiger partial charge in [-0.2, -0.15) is 0 Å². The topological polar surface area (TPSA) is 104 Å². The molecule has 40 heavy (non-hydrogen) atoms. The molecule has 4 aromatic rings. The summed E-state index contributed by atoms with van der Waals surface area (Å²) in [7, 11) is 1.89. The van der Waals surface area contributed by atoms with Gasteiger partial charge >= 0.3 is 0 Å². The maximum absolute atomic E-state index is 13.9. The van der Waals surface area contributed by atoms with Gasteiger partial charge in [-0.15, -0.1) is 0 Å². The zero-order valence-corrected chi connectivity index (χ0v) is 23.3. The molecule has 210 valence electrons. The normalized spacial score (nSPS) is 16.8. The highest BCUT2D eigenvalue weighted by Gasteiger charge is 2.26. The molecule has 5 heterocycles. The summed E-state index contributed by atoms with van der Waals surface area (Å²) in [4.78, 5) is 48.9. The predicted molar refractivity (Wildman–Crippen MR) is 157 cm³/mol. The summed E-state index contributed by atoms with van der Waals surface area (Å²) in [6, 6.07) is 11.8. The molecule has 0 atom stereocenters. The largest absolute Gasteiger partial charge is 0.356 e. The van der Waals surface area contributed by atoms with Crippen LogP contribution in [0.15, 0.2) is 41.2 Å². The fourth-order valence-corrected chi connectivity index (χ4v) is 6.22. The van der Waals surface area contributed by atoms with Crippen LogP contribution in [0.3, 0.4) is 0 Å². The number of para-hydroxylation sites is 2. The first-order valence-electron chi connectivity index (χ1n) is 14.4. The van der Waals surface area contributed by atoms with Crippen LogP contribution < -0.4 is 21.0 Å². The van der Waals surface area contributed by atoms with Gasteiger partial charge in [0.15, 0.2) is 5.65 Å². The molecule has 2 saturated heterocycles. The van der Waals surface area contributed by atoms with Crippen LogP contribution in [-0.2, 0) is 11.8 Å². The van der Waals surface area contributed by atoms with E-state index < -0.39 is 0 Å². The van der Waals surface area contributed by atoms with Gasteiger partial charge in [0.05, 0.1) is 16.4 Å². The Balaban J connectivity index is 1.39. The molecular weight excluding hydrogens is 506 g/mol. The molecule has 10 heteroatoms. The van der Waals surface area contributed by atoms with Crippen LogP contribution >= 0.6 is 0 Å². The molecule has 0 saturated carbocycles. The van der Waals surface area contributed by atoms with Gasteiger partial charge in [-0.25, -0.2) is 4.98 Å². The van der Waals surface area contributed by atoms with E-state index in [1.165, 1.54) is 12.8 Å². The zero-order valence-electron chi connectivity index (χ0n) is 23.3. The van der Waals surface area contributed by atoms with Gasteiger partial charge in [0.2, 0.25) is 11.3 Å². The van der Waals surface area contributed by atoms with Crippen molar-refractivity contribution in [2.24, 2.45) is 7.05 Å². The number of nitrogens with zero attached hydrogens (tertiary/aromatic N) is 5. The first-order chi connectivity index (χ1) is 19.5. The molecule has 0 aliphatic carbocycles. The minimum atomic E-state index is -0.352. The Morgan fingerprint density at radius 1 is 1.00 bits per heavy atom. The number of aryl methyl sites for hydroxylation is 1. The van der Waals surface area contributed by atoms with E-state index in [-0.39, 0.29) is 28.8 Å². The average molecular weight is 544 g/mol. The first kappa shape index (κ1) is 26.3. The molecule has 1 aromatic carbocycles. The molecule has 2 amide bonds. The number of likely N-dealkylation sites (tertiary alicyclic amines) is 1. The number of anilines is 1. The number of rotatable bonds is 7. The lowest BCUT2D eigenvalue weighted by atomic mass is 10.0. The van der Waals surface area contributed by atoms with Gasteiger partial charge in [-0.05, 0) is 63.0 Å². The zero-order chi connectivity index (χ0) is 27.8. The van der Waals surface area contributed by atoms with Crippen molar-refractivity contribution >= 4 is 45.3 Å². The lowest BCUT2D eigenvalue weighted by Gasteiger charge is -2.33. The number of carbonyl (C=O) groups is 2. The van der Waals surface area contributed by atoms with E-state index in [1.807, 2.05) is 53.3 Å². The molecule has 0 unspecified atom stereocenters. The number of fused-ring (bicyclic) bond motifs is 5. The van der Waals surface area contributed by atoms with Gasteiger partial charge in [0, 0.05) is 45.7 Å². The summed E-state index contributed by atoms with van der Waals surface area (Å²) in [6.45, 7) is 6.78. The van der Waals surface area contributed by atoms with Crippen LogP contribution in [0.1, 0.15) is 49.4 Å². The van der Waals surface area contributed by atoms with Crippen LogP contribution in [0.5, 0.6) is 0 Å². The van der Waals surface area contributed by atoms with Gasteiger partial charge in [0.25, 0.3) is 5.91 Å². The number of hydrogen-bond donors (Lipinski definition) is 2. The monoisotopic (exact) mass is 543 g/mol. The molecule has 0 spiro atoms. The maximum Gasteiger partial charge on any atom is 0.259 e. The van der Waals surface area contributed by atoms with E-state index in [1.54, 1.807) is 6.07 Å². The van der Waals surface area contributed by atoms with Gasteiger partial charge < -0.3 is 25.0 Å². The number of pyridine rings is 2. The maximum atomic E-state index is 13.9. The number of aromatic nitrogens is 3. The summed E-state index contributed by atoms with van der Waals surface area (Å²) in [5.74, 6) is 0.516. The summed E-state index contributed by atoms with van der Waals surface area (Å²) >= 11 is 0. The highest BCUT2D eigenvalue weighted by atomic mass is 16.2. The Morgan fingerprint density at radius 2 is 1.73 bits per heavy atom. The fraction of sp³-hybridized carbons (Fsp3) is 0.467. The van der Waals surface area contributed by atoms with E-state index in [2.05, 4.69) is 20.4 Å². The minimum absolute atomic E-state index is 0.0795. The lowest BCUT2D eigenvalue weighted by molar-refractivity contribution is -0.121. The van der Waals surface area contributed by atoms with Crippen molar-refractivity contribution in [3.63, 3.8) is 0 Å². The lowest BCUT2D eigenvalue weighted by Crippen LogP contribution is -2.44. The molecule has 2 aliphatic rings. The average Bonchev–Trinajstić information content (AvgIpc) is 3.60. The van der Waals surface area contributed by atoms with Crippen LogP contribution in [0.2, 0.25) is 0 Å². The Bertz CT molecular complexity index is 1640. The standard InChI is InChI=1S/C30H37N7O3/c1-3-25(38)32-20-12-17-36(18-13-20)24-11-10-21-27(39)26(29(40)31-14-19-35-15-6-7-16-35)30-34(2)22-8-4-5-9-23(22)37(30)28(21)33-24/h4-5,8-11,20H,3,6-7,12-19H2,1-2H3,(H,31,40)(H,32,38). The number of nitrogens with one attached hydrogen (secondary N) is 2. The SMILES string of the molecule is CCC(=O)NC1CCN(c2ccc3c(=O)c(C(=O)NCCN4CCCC4)c4n(C)c5ccccc5n4c3n2)CC1. The van der Waals surface area contributed by atoms with Crippen molar-refractivity contribution < 1.29 is 9.59 Å². The third-order valence-corrected chi connectivity index (χ3v) is 8.43. The Morgan fingerprint density at radius 3 is 2.45 bits per heavy atom. The van der Waals surface area contributed by atoms with E-state index in [9.17, 15) is 14.4 Å². The number of hydrogen-bond acceptors (Lipinski definition) is 6. The molecule has 2 fully saturated rings. The highest BCUT2D eigenvalue weighted by molar-refractivity contribution is 6.05. The Kier molecular flexibility index (Phi) is 7.18. The van der Waals surface area contributed by atoms with Crippen molar-refractivity contribution in [1.29, 1.82) is 0 Å². The van der Waals surface area contributed by atoms with Crippen LogP contribution in [-0.4, -0.2) is 76.0 Å². The van der Waals surface area contributed by atoms with Crippen LogP contribution in [0, 0.1) is 0 Å². The third-order valence-electron chi connectivity index (χ3n) is 8.43. The van der Waals surface area contributed by atoms with Crippen molar-refractivity contribution in [1.82, 2.24) is 29.5 Å². The van der Waals surface area contributed by atoms with Gasteiger partial charge in [0.1, 0.15) is 17.0 Å². The van der Waals surface area contributed by atoms with Crippen molar-refractivity contribution in [3.05, 3.63) is 52.2 Å². The first-order valence-corrected chi connectivity index (χ1v) is 14.4. The Labute approximate surface area is 232 Å². The molecular formula is C30H37N7O3. The summed E-state index contributed by atoms with van der Waals surface area (Å²) in [5, 5.41) is 6.53. The second-order valence-electron chi connectivity index (χ2n) is 10.9. The van der Waals surface area contributed by atoms with Crippen LogP contribution in [0.4, 0.5) is 5.82 Å². The summed E-state index contributed by atoms with van der Waals surface area (Å²) < 4.78 is 3.88. The smallest absolute Gasteiger partial charge is 0.259 e. The molecule has 10 nitrogen and oxygen atoms in total. The molecule has 0 radical (unpaired) electrons. The highest BCUT2D eigenvalue weighted by Crippen LogP contribution is 2.27. The number of imidazole rings is 1. The summed E-state index contributed by atoms with van der Waals surface area (Å²) in [6.07, 6.45) is 4.55. The summed E-state index contributed by atoms with van der Waals surface area (Å²) in [5.41, 5.74) is 2.74. The van der Waals surface area contributed by atoms with E-state index in [0.29, 0.717) is 29.6 Å². The fourth-order valence-electron chi connectivity index (χ4n) is 6.22. The molecule has 6 rings (SSSR count). The predicted octanol–water partition coefficient (Wildman–Crippen LogP) is 2.66. The number of benzene rings is 1. The van der Waals surface area contributed by atoms with Crippen molar-refractivity contribution in [2.75, 3.05) is 44.2 Å². The van der Waals surface area contributed by atoms with Crippen LogP contribution in [0.25, 0.3) is 27.7 Å². The second kappa shape index (κ2) is 10.9. The minimum Gasteiger partial charge on any atom is -0.356 e. The second-order valence-corrected chi connectivity index (χ2v) is 10.9. The molecule has 2 aliphatic heterocycles. The Hall–Kier alpha value is -3.92.